The minimum absolute atomic E-state index is 0.212. The van der Waals surface area contributed by atoms with Crippen molar-refractivity contribution in [3.8, 4) is 5.75 Å². The Morgan fingerprint density at radius 2 is 1.72 bits per heavy atom. The van der Waals surface area contributed by atoms with Gasteiger partial charge in [0.05, 0.1) is 17.4 Å². The summed E-state index contributed by atoms with van der Waals surface area (Å²) in [5.41, 5.74) is 2.33. The molecule has 0 bridgehead atoms. The number of aromatic amines is 1. The number of rotatable bonds is 5. The number of aromatic nitrogens is 2. The van der Waals surface area contributed by atoms with Gasteiger partial charge in [0, 0.05) is 11.3 Å². The monoisotopic (exact) mass is 406 g/mol. The lowest BCUT2D eigenvalue weighted by Crippen LogP contribution is -2.12. The van der Waals surface area contributed by atoms with Gasteiger partial charge in [-0.05, 0) is 49.4 Å². The van der Waals surface area contributed by atoms with E-state index in [2.05, 4.69) is 20.8 Å². The molecule has 0 aliphatic rings. The lowest BCUT2D eigenvalue weighted by atomic mass is 10.2. The number of carbonyl (C=O) groups excluding carboxylic acids is 2. The first-order valence-corrected chi connectivity index (χ1v) is 9.66. The molecule has 2 heterocycles. The lowest BCUT2D eigenvalue weighted by Gasteiger charge is -2.04. The largest absolute Gasteiger partial charge is 0.497 e. The normalized spacial score (nSPS) is 10.7. The van der Waals surface area contributed by atoms with Crippen molar-refractivity contribution < 1.29 is 14.3 Å². The second-order valence-corrected chi connectivity index (χ2v) is 7.48. The summed E-state index contributed by atoms with van der Waals surface area (Å²) in [5, 5.41) is 13.3. The molecule has 0 saturated carbocycles. The summed E-state index contributed by atoms with van der Waals surface area (Å²) in [7, 11) is 1.57. The third kappa shape index (κ3) is 3.97. The summed E-state index contributed by atoms with van der Waals surface area (Å²) >= 11 is 1.28. The van der Waals surface area contributed by atoms with Crippen molar-refractivity contribution in [2.75, 3.05) is 17.7 Å². The van der Waals surface area contributed by atoms with E-state index in [0.717, 1.165) is 11.3 Å². The van der Waals surface area contributed by atoms with Gasteiger partial charge < -0.3 is 15.4 Å². The Hall–Kier alpha value is -3.65. The van der Waals surface area contributed by atoms with Crippen LogP contribution in [-0.2, 0) is 0 Å². The zero-order valence-electron chi connectivity index (χ0n) is 15.8. The number of nitrogens with one attached hydrogen (secondary N) is 3. The van der Waals surface area contributed by atoms with Gasteiger partial charge in [-0.15, -0.1) is 11.3 Å². The Labute approximate surface area is 170 Å². The predicted octanol–water partition coefficient (Wildman–Crippen LogP) is 4.45. The molecule has 146 valence electrons. The first-order chi connectivity index (χ1) is 14.0. The summed E-state index contributed by atoms with van der Waals surface area (Å²) in [4.78, 5) is 26.3. The number of aryl methyl sites for hydroxylation is 1. The van der Waals surface area contributed by atoms with E-state index in [4.69, 9.17) is 4.74 Å². The number of carbonyl (C=O) groups is 2. The second kappa shape index (κ2) is 7.76. The lowest BCUT2D eigenvalue weighted by molar-refractivity contribution is 0.102. The van der Waals surface area contributed by atoms with E-state index < -0.39 is 0 Å². The summed E-state index contributed by atoms with van der Waals surface area (Å²) in [6.45, 7) is 1.99. The van der Waals surface area contributed by atoms with Crippen LogP contribution >= 0.6 is 11.3 Å². The quantitative estimate of drug-likeness (QED) is 0.456. The standard InChI is InChI=1S/C21H18N4O3S/c1-12-3-7-14(8-4-12)22-20(27)17-11-16-18(24-25-21(16)29-17)23-19(26)13-5-9-15(28-2)10-6-13/h3-11H,1-2H3,(H,22,27)(H2,23,24,25,26). The van der Waals surface area contributed by atoms with Crippen molar-refractivity contribution in [3.05, 3.63) is 70.6 Å². The van der Waals surface area contributed by atoms with Gasteiger partial charge in [-0.1, -0.05) is 17.7 Å². The number of thiophene rings is 1. The summed E-state index contributed by atoms with van der Waals surface area (Å²) < 4.78 is 5.10. The van der Waals surface area contributed by atoms with Crippen LogP contribution in [0.15, 0.2) is 54.6 Å². The average Bonchev–Trinajstić information content (AvgIpc) is 3.32. The van der Waals surface area contributed by atoms with Crippen molar-refractivity contribution in [1.82, 2.24) is 10.2 Å². The fourth-order valence-electron chi connectivity index (χ4n) is 2.78. The molecule has 0 fully saturated rings. The highest BCUT2D eigenvalue weighted by Gasteiger charge is 2.17. The van der Waals surface area contributed by atoms with Crippen molar-refractivity contribution in [1.29, 1.82) is 0 Å². The van der Waals surface area contributed by atoms with Crippen LogP contribution in [0.2, 0.25) is 0 Å². The second-order valence-electron chi connectivity index (χ2n) is 6.43. The Morgan fingerprint density at radius 3 is 2.41 bits per heavy atom. The third-order valence-corrected chi connectivity index (χ3v) is 5.41. The Morgan fingerprint density at radius 1 is 1.00 bits per heavy atom. The third-order valence-electron chi connectivity index (χ3n) is 4.37. The number of fused-ring (bicyclic) bond motifs is 1. The Kier molecular flexibility index (Phi) is 5.01. The zero-order valence-corrected chi connectivity index (χ0v) is 16.6. The van der Waals surface area contributed by atoms with E-state index in [0.29, 0.717) is 32.2 Å². The highest BCUT2D eigenvalue weighted by atomic mass is 32.1. The maximum Gasteiger partial charge on any atom is 0.265 e. The van der Waals surface area contributed by atoms with Gasteiger partial charge in [0.2, 0.25) is 0 Å². The minimum atomic E-state index is -0.294. The summed E-state index contributed by atoms with van der Waals surface area (Å²) in [6, 6.07) is 16.1. The number of anilines is 2. The van der Waals surface area contributed by atoms with Crippen LogP contribution in [0.1, 0.15) is 25.6 Å². The van der Waals surface area contributed by atoms with Crippen LogP contribution in [0.3, 0.4) is 0 Å². The number of ether oxygens (including phenoxy) is 1. The molecule has 0 unspecified atom stereocenters. The van der Waals surface area contributed by atoms with E-state index >= 15 is 0 Å². The number of hydrogen-bond acceptors (Lipinski definition) is 5. The molecule has 4 rings (SSSR count). The maximum absolute atomic E-state index is 12.5. The molecule has 0 aliphatic carbocycles. The molecule has 8 heteroatoms. The molecule has 2 amide bonds. The van der Waals surface area contributed by atoms with Crippen molar-refractivity contribution in [2.24, 2.45) is 0 Å². The summed E-state index contributed by atoms with van der Waals surface area (Å²) in [6.07, 6.45) is 0. The highest BCUT2D eigenvalue weighted by Crippen LogP contribution is 2.30. The Balaban J connectivity index is 1.51. The summed E-state index contributed by atoms with van der Waals surface area (Å²) in [5.74, 6) is 0.547. The van der Waals surface area contributed by atoms with E-state index in [1.807, 2.05) is 31.2 Å². The van der Waals surface area contributed by atoms with Gasteiger partial charge in [-0.2, -0.15) is 5.10 Å². The number of hydrogen-bond donors (Lipinski definition) is 3. The van der Waals surface area contributed by atoms with Crippen molar-refractivity contribution in [2.45, 2.75) is 6.92 Å². The van der Waals surface area contributed by atoms with Crippen LogP contribution in [0.4, 0.5) is 11.5 Å². The van der Waals surface area contributed by atoms with Gasteiger partial charge in [0.15, 0.2) is 5.82 Å². The smallest absolute Gasteiger partial charge is 0.265 e. The molecule has 0 spiro atoms. The van der Waals surface area contributed by atoms with Crippen LogP contribution in [0, 0.1) is 6.92 Å². The molecule has 7 nitrogen and oxygen atoms in total. The molecular weight excluding hydrogens is 388 g/mol. The van der Waals surface area contributed by atoms with E-state index in [9.17, 15) is 9.59 Å². The van der Waals surface area contributed by atoms with Gasteiger partial charge in [0.1, 0.15) is 10.6 Å². The fourth-order valence-corrected chi connectivity index (χ4v) is 3.67. The molecule has 29 heavy (non-hydrogen) atoms. The molecule has 0 atom stereocenters. The number of amides is 2. The van der Waals surface area contributed by atoms with Crippen molar-refractivity contribution >= 4 is 44.9 Å². The number of benzene rings is 2. The molecule has 0 saturated heterocycles. The molecular formula is C21H18N4O3S. The first kappa shape index (κ1) is 18.7. The molecule has 2 aromatic heterocycles. The van der Waals surface area contributed by atoms with E-state index in [1.54, 1.807) is 37.4 Å². The molecule has 0 aliphatic heterocycles. The van der Waals surface area contributed by atoms with Crippen LogP contribution in [0.25, 0.3) is 10.2 Å². The molecule has 3 N–H and O–H groups in total. The van der Waals surface area contributed by atoms with Gasteiger partial charge in [0.25, 0.3) is 11.8 Å². The molecule has 4 aromatic rings. The minimum Gasteiger partial charge on any atom is -0.497 e. The van der Waals surface area contributed by atoms with E-state index in [1.165, 1.54) is 11.3 Å². The molecule has 2 aromatic carbocycles. The van der Waals surface area contributed by atoms with Crippen LogP contribution < -0.4 is 15.4 Å². The van der Waals surface area contributed by atoms with E-state index in [-0.39, 0.29) is 11.8 Å². The van der Waals surface area contributed by atoms with Crippen LogP contribution in [-0.4, -0.2) is 29.1 Å². The van der Waals surface area contributed by atoms with Gasteiger partial charge in [-0.3, -0.25) is 14.7 Å². The first-order valence-electron chi connectivity index (χ1n) is 8.85. The van der Waals surface area contributed by atoms with Crippen molar-refractivity contribution in [3.63, 3.8) is 0 Å². The average molecular weight is 406 g/mol. The van der Waals surface area contributed by atoms with Gasteiger partial charge in [-0.25, -0.2) is 0 Å². The van der Waals surface area contributed by atoms with Gasteiger partial charge >= 0.3 is 0 Å². The highest BCUT2D eigenvalue weighted by molar-refractivity contribution is 7.20. The molecule has 0 radical (unpaired) electrons. The SMILES string of the molecule is COc1ccc(C(=O)Nc2n[nH]c3sc(C(=O)Nc4ccc(C)cc4)cc23)cc1. The Bertz CT molecular complexity index is 1180. The van der Waals surface area contributed by atoms with Crippen LogP contribution in [0.5, 0.6) is 5.75 Å². The number of H-pyrrole nitrogens is 1. The topological polar surface area (TPSA) is 96.1 Å². The number of nitrogens with zero attached hydrogens (tertiary/aromatic N) is 1. The fraction of sp³-hybridized carbons (Fsp3) is 0.0952. The number of methoxy groups -OCH3 is 1. The predicted molar refractivity (Wildman–Crippen MR) is 114 cm³/mol. The zero-order chi connectivity index (χ0) is 20.4. The maximum atomic E-state index is 12.5.